The summed E-state index contributed by atoms with van der Waals surface area (Å²) in [6, 6.07) is 6.56. The van der Waals surface area contributed by atoms with Crippen molar-refractivity contribution >= 4 is 5.57 Å². The normalized spacial score (nSPS) is 15.8. The highest BCUT2D eigenvalue weighted by molar-refractivity contribution is 5.62. The molecule has 1 nitrogen and oxygen atoms in total. The zero-order valence-electron chi connectivity index (χ0n) is 8.68. The maximum Gasteiger partial charge on any atom is 0.0719 e. The second kappa shape index (κ2) is 3.97. The molecular weight excluding hydrogens is 172 g/mol. The SMILES string of the molecule is C=C(C)c1ccc2c(c1)CCCOC2. The van der Waals surface area contributed by atoms with Gasteiger partial charge in [-0.05, 0) is 36.5 Å². The molecule has 0 aromatic heterocycles. The van der Waals surface area contributed by atoms with Crippen LogP contribution in [0.25, 0.3) is 5.57 Å². The molecule has 0 fully saturated rings. The van der Waals surface area contributed by atoms with Gasteiger partial charge in [0.2, 0.25) is 0 Å². The summed E-state index contributed by atoms with van der Waals surface area (Å²) >= 11 is 0. The molecule has 1 heterocycles. The molecule has 14 heavy (non-hydrogen) atoms. The van der Waals surface area contributed by atoms with Gasteiger partial charge in [-0.3, -0.25) is 0 Å². The monoisotopic (exact) mass is 188 g/mol. The Morgan fingerprint density at radius 2 is 2.21 bits per heavy atom. The van der Waals surface area contributed by atoms with Gasteiger partial charge in [-0.1, -0.05) is 30.4 Å². The third-order valence-corrected chi connectivity index (χ3v) is 2.69. The molecule has 0 N–H and O–H groups in total. The number of rotatable bonds is 1. The second-order valence-electron chi connectivity index (χ2n) is 3.92. The Labute approximate surface area is 85.4 Å². The van der Waals surface area contributed by atoms with E-state index in [-0.39, 0.29) is 0 Å². The van der Waals surface area contributed by atoms with Crippen LogP contribution in [-0.2, 0) is 17.8 Å². The van der Waals surface area contributed by atoms with Gasteiger partial charge in [0, 0.05) is 6.61 Å². The third-order valence-electron chi connectivity index (χ3n) is 2.69. The van der Waals surface area contributed by atoms with Crippen molar-refractivity contribution in [3.8, 4) is 0 Å². The molecule has 0 radical (unpaired) electrons. The quantitative estimate of drug-likeness (QED) is 0.657. The summed E-state index contributed by atoms with van der Waals surface area (Å²) in [7, 11) is 0. The summed E-state index contributed by atoms with van der Waals surface area (Å²) in [4.78, 5) is 0. The lowest BCUT2D eigenvalue weighted by atomic mass is 9.98. The smallest absolute Gasteiger partial charge is 0.0719 e. The van der Waals surface area contributed by atoms with Crippen LogP contribution in [0.2, 0.25) is 0 Å². The van der Waals surface area contributed by atoms with Gasteiger partial charge >= 0.3 is 0 Å². The van der Waals surface area contributed by atoms with Crippen molar-refractivity contribution in [1.82, 2.24) is 0 Å². The van der Waals surface area contributed by atoms with E-state index in [2.05, 4.69) is 31.7 Å². The van der Waals surface area contributed by atoms with E-state index in [1.54, 1.807) is 0 Å². The van der Waals surface area contributed by atoms with Gasteiger partial charge in [0.05, 0.1) is 6.61 Å². The van der Waals surface area contributed by atoms with Gasteiger partial charge in [-0.2, -0.15) is 0 Å². The molecule has 0 atom stereocenters. The number of hydrogen-bond donors (Lipinski definition) is 0. The molecular formula is C13H16O. The van der Waals surface area contributed by atoms with Crippen molar-refractivity contribution < 1.29 is 4.74 Å². The topological polar surface area (TPSA) is 9.23 Å². The van der Waals surface area contributed by atoms with Crippen LogP contribution in [0.5, 0.6) is 0 Å². The van der Waals surface area contributed by atoms with Crippen molar-refractivity contribution in [3.63, 3.8) is 0 Å². The maximum atomic E-state index is 5.50. The summed E-state index contributed by atoms with van der Waals surface area (Å²) < 4.78 is 5.50. The summed E-state index contributed by atoms with van der Waals surface area (Å²) in [6.45, 7) is 7.67. The molecule has 0 aliphatic carbocycles. The Kier molecular flexibility index (Phi) is 2.69. The van der Waals surface area contributed by atoms with Crippen LogP contribution in [0.3, 0.4) is 0 Å². The van der Waals surface area contributed by atoms with Gasteiger partial charge in [0.15, 0.2) is 0 Å². The number of hydrogen-bond acceptors (Lipinski definition) is 1. The minimum atomic E-state index is 0.770. The van der Waals surface area contributed by atoms with Crippen molar-refractivity contribution in [1.29, 1.82) is 0 Å². The largest absolute Gasteiger partial charge is 0.377 e. The molecule has 1 heteroatoms. The first-order valence-corrected chi connectivity index (χ1v) is 5.13. The van der Waals surface area contributed by atoms with Crippen LogP contribution >= 0.6 is 0 Å². The average Bonchev–Trinajstić information content (AvgIpc) is 2.41. The Bertz CT molecular complexity index is 352. The molecule has 0 unspecified atom stereocenters. The average molecular weight is 188 g/mol. The van der Waals surface area contributed by atoms with E-state index < -0.39 is 0 Å². The minimum absolute atomic E-state index is 0.770. The van der Waals surface area contributed by atoms with Crippen LogP contribution in [0, 0.1) is 0 Å². The molecule has 1 aromatic carbocycles. The predicted molar refractivity (Wildman–Crippen MR) is 59.1 cm³/mol. The van der Waals surface area contributed by atoms with E-state index in [1.807, 2.05) is 0 Å². The van der Waals surface area contributed by atoms with Crippen molar-refractivity contribution in [2.75, 3.05) is 6.61 Å². The number of fused-ring (bicyclic) bond motifs is 1. The number of ether oxygens (including phenoxy) is 1. The van der Waals surface area contributed by atoms with Crippen LogP contribution in [0.4, 0.5) is 0 Å². The molecule has 0 bridgehead atoms. The highest BCUT2D eigenvalue weighted by Crippen LogP contribution is 2.21. The van der Waals surface area contributed by atoms with Gasteiger partial charge in [0.25, 0.3) is 0 Å². The molecule has 1 aliphatic rings. The van der Waals surface area contributed by atoms with Crippen molar-refractivity contribution in [2.45, 2.75) is 26.4 Å². The first-order valence-electron chi connectivity index (χ1n) is 5.13. The summed E-state index contributed by atoms with van der Waals surface area (Å²) in [5.74, 6) is 0. The van der Waals surface area contributed by atoms with Crippen molar-refractivity contribution in [2.24, 2.45) is 0 Å². The van der Waals surface area contributed by atoms with E-state index in [4.69, 9.17) is 4.74 Å². The van der Waals surface area contributed by atoms with Gasteiger partial charge in [-0.25, -0.2) is 0 Å². The molecule has 2 rings (SSSR count). The lowest BCUT2D eigenvalue weighted by Gasteiger charge is -2.07. The van der Waals surface area contributed by atoms with E-state index >= 15 is 0 Å². The van der Waals surface area contributed by atoms with Gasteiger partial charge < -0.3 is 4.74 Å². The number of benzene rings is 1. The summed E-state index contributed by atoms with van der Waals surface area (Å²) in [6.07, 6.45) is 2.27. The second-order valence-corrected chi connectivity index (χ2v) is 3.92. The lowest BCUT2D eigenvalue weighted by Crippen LogP contribution is -1.93. The Hall–Kier alpha value is -1.08. The Morgan fingerprint density at radius 3 is 3.00 bits per heavy atom. The molecule has 0 spiro atoms. The molecule has 0 saturated carbocycles. The molecule has 1 aromatic rings. The predicted octanol–water partition coefficient (Wildman–Crippen LogP) is 3.18. The van der Waals surface area contributed by atoms with Crippen LogP contribution in [0.15, 0.2) is 24.8 Å². The van der Waals surface area contributed by atoms with Crippen LogP contribution in [-0.4, -0.2) is 6.61 Å². The maximum absolute atomic E-state index is 5.50. The zero-order chi connectivity index (χ0) is 9.97. The first kappa shape index (κ1) is 9.47. The number of allylic oxidation sites excluding steroid dienone is 1. The molecule has 0 amide bonds. The fourth-order valence-electron chi connectivity index (χ4n) is 1.81. The minimum Gasteiger partial charge on any atom is -0.377 e. The molecule has 0 saturated heterocycles. The Morgan fingerprint density at radius 1 is 1.36 bits per heavy atom. The Balaban J connectivity index is 2.37. The van der Waals surface area contributed by atoms with Crippen LogP contribution in [0.1, 0.15) is 30.0 Å². The zero-order valence-corrected chi connectivity index (χ0v) is 8.68. The summed E-state index contributed by atoms with van der Waals surface area (Å²) in [5, 5.41) is 0. The van der Waals surface area contributed by atoms with E-state index in [9.17, 15) is 0 Å². The molecule has 1 aliphatic heterocycles. The van der Waals surface area contributed by atoms with E-state index in [1.165, 1.54) is 16.7 Å². The highest BCUT2D eigenvalue weighted by atomic mass is 16.5. The fourth-order valence-corrected chi connectivity index (χ4v) is 1.81. The number of aryl methyl sites for hydroxylation is 1. The first-order chi connectivity index (χ1) is 6.77. The highest BCUT2D eigenvalue weighted by Gasteiger charge is 2.08. The lowest BCUT2D eigenvalue weighted by molar-refractivity contribution is 0.125. The third kappa shape index (κ3) is 1.88. The standard InChI is InChI=1S/C13H16O/c1-10(2)11-5-6-13-9-14-7-3-4-12(13)8-11/h5-6,8H,1,3-4,7,9H2,2H3. The van der Waals surface area contributed by atoms with E-state index in [0.29, 0.717) is 0 Å². The van der Waals surface area contributed by atoms with Gasteiger partial charge in [-0.15, -0.1) is 0 Å². The summed E-state index contributed by atoms with van der Waals surface area (Å²) in [5.41, 5.74) is 5.17. The van der Waals surface area contributed by atoms with E-state index in [0.717, 1.165) is 31.6 Å². The fraction of sp³-hybridized carbons (Fsp3) is 0.385. The molecule has 74 valence electrons. The van der Waals surface area contributed by atoms with Gasteiger partial charge in [0.1, 0.15) is 0 Å². The van der Waals surface area contributed by atoms with Crippen LogP contribution < -0.4 is 0 Å². The van der Waals surface area contributed by atoms with Crippen molar-refractivity contribution in [3.05, 3.63) is 41.5 Å².